The molecule has 0 aliphatic carbocycles. The predicted octanol–water partition coefficient (Wildman–Crippen LogP) is 5.96. The molecule has 4 rings (SSSR count). The Bertz CT molecular complexity index is 1130. The molecule has 4 nitrogen and oxygen atoms in total. The van der Waals surface area contributed by atoms with Crippen molar-refractivity contribution in [2.45, 2.75) is 32.2 Å². The van der Waals surface area contributed by atoms with Gasteiger partial charge in [-0.05, 0) is 65.7 Å². The van der Waals surface area contributed by atoms with Gasteiger partial charge < -0.3 is 9.80 Å². The van der Waals surface area contributed by atoms with Gasteiger partial charge in [0.05, 0.1) is 6.04 Å². The Balaban J connectivity index is 1.61. The highest BCUT2D eigenvalue weighted by Crippen LogP contribution is 2.38. The molecule has 0 N–H and O–H groups in total. The van der Waals surface area contributed by atoms with Gasteiger partial charge in [-0.3, -0.25) is 9.59 Å². The van der Waals surface area contributed by atoms with Crippen molar-refractivity contribution in [2.75, 3.05) is 19.6 Å². The molecule has 0 spiro atoms. The summed E-state index contributed by atoms with van der Waals surface area (Å²) in [6.45, 7) is 3.01. The fourth-order valence-corrected chi connectivity index (χ4v) is 5.28. The number of rotatable bonds is 7. The topological polar surface area (TPSA) is 40.6 Å². The number of nitrogens with zero attached hydrogens (tertiary/aromatic N) is 2. The largest absolute Gasteiger partial charge is 0.330 e. The van der Waals surface area contributed by atoms with E-state index in [4.69, 9.17) is 11.6 Å². The van der Waals surface area contributed by atoms with E-state index in [1.165, 1.54) is 23.1 Å². The normalized spacial score (nSPS) is 15.2. The van der Waals surface area contributed by atoms with Crippen LogP contribution in [0.15, 0.2) is 60.0 Å². The van der Waals surface area contributed by atoms with E-state index in [-0.39, 0.29) is 30.0 Å². The summed E-state index contributed by atoms with van der Waals surface area (Å²) >= 11 is 7.81. The standard InChI is InChI=1S/C26H26ClFN2O2S/c1-2-3-13-29(26(32)19-5-4-6-21(28)16-19)17-24(31)30-14-11-23-22(12-15-33-23)25(30)18-7-9-20(27)10-8-18/h4-10,12,15-16,25H,2-3,11,13-14,17H2,1H3. The fourth-order valence-electron chi connectivity index (χ4n) is 4.25. The molecule has 1 unspecified atom stereocenters. The minimum absolute atomic E-state index is 0.0428. The van der Waals surface area contributed by atoms with Crippen LogP contribution in [-0.4, -0.2) is 41.2 Å². The van der Waals surface area contributed by atoms with E-state index in [2.05, 4.69) is 11.4 Å². The highest BCUT2D eigenvalue weighted by Gasteiger charge is 2.34. The molecule has 1 aromatic heterocycles. The Morgan fingerprint density at radius 1 is 1.18 bits per heavy atom. The van der Waals surface area contributed by atoms with E-state index in [1.807, 2.05) is 36.1 Å². The zero-order valence-corrected chi connectivity index (χ0v) is 20.0. The summed E-state index contributed by atoms with van der Waals surface area (Å²) < 4.78 is 13.7. The van der Waals surface area contributed by atoms with Crippen LogP contribution in [0.3, 0.4) is 0 Å². The third-order valence-corrected chi connectivity index (χ3v) is 7.19. The van der Waals surface area contributed by atoms with Crippen LogP contribution in [0.1, 0.15) is 52.2 Å². The smallest absolute Gasteiger partial charge is 0.254 e. The first kappa shape index (κ1) is 23.5. The van der Waals surface area contributed by atoms with Crippen LogP contribution in [0.2, 0.25) is 5.02 Å². The summed E-state index contributed by atoms with van der Waals surface area (Å²) in [4.78, 5) is 31.4. The molecule has 1 atom stereocenters. The summed E-state index contributed by atoms with van der Waals surface area (Å²) in [7, 11) is 0. The summed E-state index contributed by atoms with van der Waals surface area (Å²) in [5.74, 6) is -0.910. The Morgan fingerprint density at radius 2 is 1.97 bits per heavy atom. The molecule has 3 aromatic rings. The third-order valence-electron chi connectivity index (χ3n) is 5.94. The van der Waals surface area contributed by atoms with Crippen LogP contribution >= 0.6 is 22.9 Å². The molecular formula is C26H26ClFN2O2S. The molecule has 2 heterocycles. The van der Waals surface area contributed by atoms with Crippen molar-refractivity contribution < 1.29 is 14.0 Å². The van der Waals surface area contributed by atoms with Crippen LogP contribution in [0, 0.1) is 5.82 Å². The number of amides is 2. The molecule has 0 bridgehead atoms. The van der Waals surface area contributed by atoms with Gasteiger partial charge in [-0.15, -0.1) is 11.3 Å². The van der Waals surface area contributed by atoms with E-state index < -0.39 is 5.82 Å². The van der Waals surface area contributed by atoms with Gasteiger partial charge >= 0.3 is 0 Å². The highest BCUT2D eigenvalue weighted by atomic mass is 35.5. The first-order chi connectivity index (χ1) is 16.0. The van der Waals surface area contributed by atoms with Crippen LogP contribution < -0.4 is 0 Å². The monoisotopic (exact) mass is 484 g/mol. The van der Waals surface area contributed by atoms with E-state index >= 15 is 0 Å². The lowest BCUT2D eigenvalue weighted by atomic mass is 9.93. The maximum absolute atomic E-state index is 13.7. The first-order valence-corrected chi connectivity index (χ1v) is 12.4. The van der Waals surface area contributed by atoms with Gasteiger partial charge in [0.1, 0.15) is 12.4 Å². The Morgan fingerprint density at radius 3 is 2.70 bits per heavy atom. The second kappa shape index (κ2) is 10.5. The number of fused-ring (bicyclic) bond motifs is 1. The van der Waals surface area contributed by atoms with Crippen molar-refractivity contribution in [3.05, 3.63) is 92.4 Å². The Kier molecular flexibility index (Phi) is 7.46. The molecule has 0 saturated carbocycles. The number of hydrogen-bond acceptors (Lipinski definition) is 3. The number of hydrogen-bond donors (Lipinski definition) is 0. The maximum atomic E-state index is 13.7. The number of halogens is 2. The average Bonchev–Trinajstić information content (AvgIpc) is 3.30. The first-order valence-electron chi connectivity index (χ1n) is 11.1. The van der Waals surface area contributed by atoms with Crippen molar-refractivity contribution in [1.29, 1.82) is 0 Å². The SMILES string of the molecule is CCCCN(CC(=O)N1CCc2sccc2C1c1ccc(Cl)cc1)C(=O)c1cccc(F)c1. The van der Waals surface area contributed by atoms with Gasteiger partial charge in [0.25, 0.3) is 5.91 Å². The third kappa shape index (κ3) is 5.28. The molecule has 0 fully saturated rings. The number of thiophene rings is 1. The van der Waals surface area contributed by atoms with Crippen molar-refractivity contribution in [2.24, 2.45) is 0 Å². The highest BCUT2D eigenvalue weighted by molar-refractivity contribution is 7.10. The lowest BCUT2D eigenvalue weighted by molar-refractivity contribution is -0.134. The van der Waals surface area contributed by atoms with Crippen LogP contribution in [-0.2, 0) is 11.2 Å². The lowest BCUT2D eigenvalue weighted by Crippen LogP contribution is -2.47. The molecule has 33 heavy (non-hydrogen) atoms. The minimum Gasteiger partial charge on any atom is -0.330 e. The summed E-state index contributed by atoms with van der Waals surface area (Å²) in [6.07, 6.45) is 2.44. The molecule has 1 aliphatic heterocycles. The lowest BCUT2D eigenvalue weighted by Gasteiger charge is -2.37. The van der Waals surface area contributed by atoms with E-state index in [9.17, 15) is 14.0 Å². The van der Waals surface area contributed by atoms with E-state index in [1.54, 1.807) is 22.3 Å². The molecule has 2 aromatic carbocycles. The average molecular weight is 485 g/mol. The van der Waals surface area contributed by atoms with Gasteiger partial charge in [-0.1, -0.05) is 43.1 Å². The van der Waals surface area contributed by atoms with Crippen molar-refractivity contribution in [1.82, 2.24) is 9.80 Å². The fraction of sp³-hybridized carbons (Fsp3) is 0.308. The molecule has 172 valence electrons. The van der Waals surface area contributed by atoms with Crippen molar-refractivity contribution >= 4 is 34.8 Å². The van der Waals surface area contributed by atoms with Crippen LogP contribution in [0.5, 0.6) is 0 Å². The van der Waals surface area contributed by atoms with Gasteiger partial charge in [0, 0.05) is 28.6 Å². The summed E-state index contributed by atoms with van der Waals surface area (Å²) in [5.41, 5.74) is 2.37. The maximum Gasteiger partial charge on any atom is 0.254 e. The molecule has 1 aliphatic rings. The van der Waals surface area contributed by atoms with Crippen LogP contribution in [0.4, 0.5) is 4.39 Å². The molecular weight excluding hydrogens is 459 g/mol. The number of benzene rings is 2. The molecule has 7 heteroatoms. The quantitative estimate of drug-likeness (QED) is 0.415. The van der Waals surface area contributed by atoms with Crippen LogP contribution in [0.25, 0.3) is 0 Å². The van der Waals surface area contributed by atoms with Gasteiger partial charge in [0.2, 0.25) is 5.91 Å². The zero-order valence-electron chi connectivity index (χ0n) is 18.5. The zero-order chi connectivity index (χ0) is 23.4. The van der Waals surface area contributed by atoms with E-state index in [0.29, 0.717) is 18.1 Å². The molecule has 2 amide bonds. The van der Waals surface area contributed by atoms with Crippen molar-refractivity contribution in [3.8, 4) is 0 Å². The van der Waals surface area contributed by atoms with Gasteiger partial charge in [-0.25, -0.2) is 4.39 Å². The second-order valence-corrected chi connectivity index (χ2v) is 9.62. The summed E-state index contributed by atoms with van der Waals surface area (Å²) in [5, 5.41) is 2.70. The number of carbonyl (C=O) groups is 2. The molecule has 0 saturated heterocycles. The summed E-state index contributed by atoms with van der Waals surface area (Å²) in [6, 6.07) is 15.1. The molecule has 0 radical (unpaired) electrons. The second-order valence-electron chi connectivity index (χ2n) is 8.18. The van der Waals surface area contributed by atoms with E-state index in [0.717, 1.165) is 30.4 Å². The minimum atomic E-state index is -0.466. The van der Waals surface area contributed by atoms with Crippen molar-refractivity contribution in [3.63, 3.8) is 0 Å². The van der Waals surface area contributed by atoms with Gasteiger partial charge in [0.15, 0.2) is 0 Å². The Labute approximate surface area is 202 Å². The number of unbranched alkanes of at least 4 members (excludes halogenated alkanes) is 1. The Hall–Kier alpha value is -2.70. The van der Waals surface area contributed by atoms with Gasteiger partial charge in [-0.2, -0.15) is 0 Å². The predicted molar refractivity (Wildman–Crippen MR) is 130 cm³/mol. The number of carbonyl (C=O) groups excluding carboxylic acids is 2.